The van der Waals surface area contributed by atoms with Crippen molar-refractivity contribution in [2.45, 2.75) is 25.1 Å². The van der Waals surface area contributed by atoms with Gasteiger partial charge in [0.1, 0.15) is 11.5 Å². The van der Waals surface area contributed by atoms with E-state index in [1.807, 2.05) is 7.05 Å². The highest BCUT2D eigenvalue weighted by atomic mass is 19.4. The Bertz CT molecular complexity index is 1110. The number of carbonyl (C=O) groups is 1. The first-order valence-electron chi connectivity index (χ1n) is 10.3. The molecule has 0 spiro atoms. The van der Waals surface area contributed by atoms with Gasteiger partial charge in [0.15, 0.2) is 0 Å². The second-order valence-electron chi connectivity index (χ2n) is 9.06. The van der Waals surface area contributed by atoms with Crippen molar-refractivity contribution in [2.75, 3.05) is 38.1 Å². The molecule has 6 nitrogen and oxygen atoms in total. The Balaban J connectivity index is 1.50. The molecule has 2 aromatic rings. The third kappa shape index (κ3) is 2.81. The molecular weight excluding hydrogens is 407 g/mol. The van der Waals surface area contributed by atoms with Gasteiger partial charge in [-0.05, 0) is 50.7 Å². The summed E-state index contributed by atoms with van der Waals surface area (Å²) in [4.78, 5) is 21.1. The van der Waals surface area contributed by atoms with Gasteiger partial charge < -0.3 is 15.1 Å². The summed E-state index contributed by atoms with van der Waals surface area (Å²) in [6, 6.07) is 8.65. The van der Waals surface area contributed by atoms with E-state index in [4.69, 9.17) is 0 Å². The number of aromatic nitrogens is 1. The summed E-state index contributed by atoms with van der Waals surface area (Å²) >= 11 is 0. The van der Waals surface area contributed by atoms with Crippen molar-refractivity contribution in [3.63, 3.8) is 0 Å². The summed E-state index contributed by atoms with van der Waals surface area (Å²) in [5.41, 5.74) is -2.12. The molecule has 1 aromatic carbocycles. The van der Waals surface area contributed by atoms with Crippen molar-refractivity contribution in [1.29, 1.82) is 5.26 Å². The van der Waals surface area contributed by atoms with E-state index < -0.39 is 22.9 Å². The fraction of sp³-hybridized carbons (Fsp3) is 0.500. The van der Waals surface area contributed by atoms with Crippen molar-refractivity contribution >= 4 is 22.5 Å². The number of pyridine rings is 1. The Hall–Kier alpha value is -2.86. The molecule has 1 N–H and O–H groups in total. The van der Waals surface area contributed by atoms with E-state index in [0.717, 1.165) is 13.0 Å². The molecule has 1 amide bonds. The second kappa shape index (κ2) is 6.57. The van der Waals surface area contributed by atoms with Crippen LogP contribution in [0.15, 0.2) is 30.5 Å². The van der Waals surface area contributed by atoms with Crippen LogP contribution in [0.5, 0.6) is 0 Å². The van der Waals surface area contributed by atoms with Crippen LogP contribution in [0.2, 0.25) is 0 Å². The van der Waals surface area contributed by atoms with Crippen LogP contribution in [0, 0.1) is 22.2 Å². The van der Waals surface area contributed by atoms with Gasteiger partial charge in [0.05, 0.1) is 16.5 Å². The Morgan fingerprint density at radius 3 is 2.81 bits per heavy atom. The van der Waals surface area contributed by atoms with Gasteiger partial charge in [0.2, 0.25) is 5.91 Å². The lowest BCUT2D eigenvalue weighted by molar-refractivity contribution is -0.191. The number of anilines is 1. The normalized spacial score (nSPS) is 30.3. The number of hydrogen-bond donors (Lipinski definition) is 1. The van der Waals surface area contributed by atoms with Crippen LogP contribution in [-0.2, 0) is 4.79 Å². The predicted molar refractivity (Wildman–Crippen MR) is 108 cm³/mol. The molecule has 0 bridgehead atoms. The van der Waals surface area contributed by atoms with Gasteiger partial charge in [-0.25, -0.2) is 0 Å². The maximum absolute atomic E-state index is 14.2. The Kier molecular flexibility index (Phi) is 4.25. The van der Waals surface area contributed by atoms with Crippen molar-refractivity contribution in [3.8, 4) is 6.07 Å². The number of halogens is 3. The van der Waals surface area contributed by atoms with Crippen molar-refractivity contribution in [2.24, 2.45) is 10.8 Å². The summed E-state index contributed by atoms with van der Waals surface area (Å²) < 4.78 is 42.7. The highest BCUT2D eigenvalue weighted by Crippen LogP contribution is 2.75. The van der Waals surface area contributed by atoms with Gasteiger partial charge in [-0.3, -0.25) is 9.78 Å². The standard InChI is InChI=1S/C22H22F3N5O/c1-29-8-6-15(10-29)28-19(31)20-11-21(20,22(23,24)25)13-30(12-20)17-5-4-14(9-26)18-16(17)3-2-7-27-18/h2-5,7,15H,6,8,10-13H2,1H3,(H,28,31)/t15-,20?,21?/m1/s1. The molecule has 31 heavy (non-hydrogen) atoms. The minimum Gasteiger partial charge on any atom is -0.369 e. The van der Waals surface area contributed by atoms with Gasteiger partial charge >= 0.3 is 6.18 Å². The maximum atomic E-state index is 14.2. The fourth-order valence-electron chi connectivity index (χ4n) is 5.49. The molecular formula is C22H22F3N5O. The first-order valence-corrected chi connectivity index (χ1v) is 10.3. The average molecular weight is 429 g/mol. The second-order valence-corrected chi connectivity index (χ2v) is 9.06. The van der Waals surface area contributed by atoms with Crippen molar-refractivity contribution < 1.29 is 18.0 Å². The summed E-state index contributed by atoms with van der Waals surface area (Å²) in [5.74, 6) is -0.497. The third-order valence-electron chi connectivity index (χ3n) is 7.23. The van der Waals surface area contributed by atoms with Crippen molar-refractivity contribution in [1.82, 2.24) is 15.2 Å². The number of rotatable bonds is 3. The van der Waals surface area contributed by atoms with E-state index in [-0.39, 0.29) is 25.6 Å². The molecule has 1 aliphatic carbocycles. The van der Waals surface area contributed by atoms with Gasteiger partial charge in [-0.15, -0.1) is 0 Å². The number of carbonyl (C=O) groups excluding carboxylic acids is 1. The van der Waals surface area contributed by atoms with Crippen LogP contribution < -0.4 is 10.2 Å². The molecule has 1 saturated carbocycles. The molecule has 162 valence electrons. The maximum Gasteiger partial charge on any atom is 0.397 e. The average Bonchev–Trinajstić information content (AvgIpc) is 3.02. The lowest BCUT2D eigenvalue weighted by atomic mass is 9.94. The van der Waals surface area contributed by atoms with Gasteiger partial charge in [0.25, 0.3) is 0 Å². The van der Waals surface area contributed by atoms with Gasteiger partial charge in [-0.1, -0.05) is 0 Å². The number of fused-ring (bicyclic) bond motifs is 2. The number of likely N-dealkylation sites (tertiary alicyclic amines) is 1. The zero-order valence-corrected chi connectivity index (χ0v) is 17.0. The Morgan fingerprint density at radius 2 is 2.13 bits per heavy atom. The Labute approximate surface area is 177 Å². The van der Waals surface area contributed by atoms with E-state index in [0.29, 0.717) is 28.7 Å². The quantitative estimate of drug-likeness (QED) is 0.812. The molecule has 3 atom stereocenters. The van der Waals surface area contributed by atoms with Gasteiger partial charge in [0, 0.05) is 42.9 Å². The van der Waals surface area contributed by atoms with Crippen LogP contribution >= 0.6 is 0 Å². The predicted octanol–water partition coefficient (Wildman–Crippen LogP) is 2.69. The number of amides is 1. The number of nitriles is 1. The molecule has 3 aliphatic rings. The van der Waals surface area contributed by atoms with Gasteiger partial charge in [-0.2, -0.15) is 18.4 Å². The van der Waals surface area contributed by atoms with Crippen LogP contribution in [0.3, 0.4) is 0 Å². The fourth-order valence-corrected chi connectivity index (χ4v) is 5.49. The first-order chi connectivity index (χ1) is 14.7. The van der Waals surface area contributed by atoms with E-state index in [2.05, 4.69) is 21.3 Å². The minimum atomic E-state index is -4.48. The molecule has 2 unspecified atom stereocenters. The Morgan fingerprint density at radius 1 is 1.32 bits per heavy atom. The molecule has 2 saturated heterocycles. The molecule has 0 radical (unpaired) electrons. The highest BCUT2D eigenvalue weighted by molar-refractivity contribution is 5.97. The number of alkyl halides is 3. The topological polar surface area (TPSA) is 72.3 Å². The molecule has 9 heteroatoms. The third-order valence-corrected chi connectivity index (χ3v) is 7.23. The monoisotopic (exact) mass is 429 g/mol. The summed E-state index contributed by atoms with van der Waals surface area (Å²) in [5, 5.41) is 12.9. The molecule has 1 aromatic heterocycles. The summed E-state index contributed by atoms with van der Waals surface area (Å²) in [6.45, 7) is 1.19. The smallest absolute Gasteiger partial charge is 0.369 e. The van der Waals surface area contributed by atoms with E-state index in [1.165, 1.54) is 0 Å². The molecule has 2 aliphatic heterocycles. The van der Waals surface area contributed by atoms with Crippen molar-refractivity contribution in [3.05, 3.63) is 36.0 Å². The number of nitrogens with zero attached hydrogens (tertiary/aromatic N) is 4. The lowest BCUT2D eigenvalue weighted by Crippen LogP contribution is -2.45. The highest BCUT2D eigenvalue weighted by Gasteiger charge is 2.86. The van der Waals surface area contributed by atoms with E-state index >= 15 is 0 Å². The minimum absolute atomic E-state index is 0.00318. The summed E-state index contributed by atoms with van der Waals surface area (Å²) in [7, 11) is 1.93. The number of benzene rings is 1. The number of piperidine rings is 1. The first kappa shape index (κ1) is 20.1. The largest absolute Gasteiger partial charge is 0.397 e. The van der Waals surface area contributed by atoms with Crippen LogP contribution in [-0.4, -0.2) is 61.2 Å². The SMILES string of the molecule is CN1CC[C@@H](NC(=O)C23CN(c4ccc(C#N)c5ncccc45)CC2(C(F)(F)F)C3)C1. The number of hydrogen-bond acceptors (Lipinski definition) is 5. The molecule has 3 fully saturated rings. The summed E-state index contributed by atoms with van der Waals surface area (Å²) in [6.07, 6.45) is -2.36. The zero-order chi connectivity index (χ0) is 22.0. The van der Waals surface area contributed by atoms with E-state index in [1.54, 1.807) is 35.4 Å². The molecule has 3 heterocycles. The lowest BCUT2D eigenvalue weighted by Gasteiger charge is -2.25. The van der Waals surface area contributed by atoms with Crippen LogP contribution in [0.25, 0.3) is 10.9 Å². The van der Waals surface area contributed by atoms with E-state index in [9.17, 15) is 23.2 Å². The zero-order valence-electron chi connectivity index (χ0n) is 17.0. The molecule has 5 rings (SSSR count). The number of likely N-dealkylation sites (N-methyl/N-ethyl adjacent to an activating group) is 1. The van der Waals surface area contributed by atoms with Crippen LogP contribution in [0.4, 0.5) is 18.9 Å². The number of nitrogens with one attached hydrogen (secondary N) is 1. The van der Waals surface area contributed by atoms with Crippen LogP contribution in [0.1, 0.15) is 18.4 Å².